The summed E-state index contributed by atoms with van der Waals surface area (Å²) in [5.41, 5.74) is 1.14. The molecule has 0 saturated carbocycles. The predicted molar refractivity (Wildman–Crippen MR) is 74.2 cm³/mol. The molecule has 4 nitrogen and oxygen atoms in total. The van der Waals surface area contributed by atoms with Gasteiger partial charge in [-0.2, -0.15) is 0 Å². The zero-order valence-electron chi connectivity index (χ0n) is 11.1. The molecule has 1 rings (SSSR count). The number of rotatable bonds is 8. The molecule has 0 aliphatic heterocycles. The van der Waals surface area contributed by atoms with Gasteiger partial charge in [-0.05, 0) is 43.6 Å². The van der Waals surface area contributed by atoms with Crippen molar-refractivity contribution in [2.75, 3.05) is 19.6 Å². The van der Waals surface area contributed by atoms with E-state index in [0.29, 0.717) is 11.4 Å². The van der Waals surface area contributed by atoms with E-state index in [1.807, 2.05) is 19.1 Å². The van der Waals surface area contributed by atoms with Gasteiger partial charge in [-0.15, -0.1) is 0 Å². The van der Waals surface area contributed by atoms with Gasteiger partial charge in [0.05, 0.1) is 4.90 Å². The van der Waals surface area contributed by atoms with Crippen LogP contribution in [-0.2, 0) is 16.4 Å². The van der Waals surface area contributed by atoms with E-state index in [0.717, 1.165) is 31.5 Å². The number of likely N-dealkylation sites (N-methyl/N-ethyl adjacent to an activating group) is 1. The highest BCUT2D eigenvalue weighted by molar-refractivity contribution is 7.89. The lowest BCUT2D eigenvalue weighted by atomic mass is 10.1. The smallest absolute Gasteiger partial charge is 0.240 e. The Labute approximate surface area is 110 Å². The monoisotopic (exact) mass is 270 g/mol. The van der Waals surface area contributed by atoms with Crippen molar-refractivity contribution in [3.05, 3.63) is 29.8 Å². The van der Waals surface area contributed by atoms with E-state index in [1.165, 1.54) is 0 Å². The van der Waals surface area contributed by atoms with Crippen LogP contribution < -0.4 is 10.0 Å². The minimum Gasteiger partial charge on any atom is -0.317 e. The Morgan fingerprint density at radius 3 is 2.28 bits per heavy atom. The number of hydrogen-bond donors (Lipinski definition) is 2. The van der Waals surface area contributed by atoms with Crippen LogP contribution in [-0.4, -0.2) is 28.1 Å². The van der Waals surface area contributed by atoms with E-state index in [4.69, 9.17) is 0 Å². The van der Waals surface area contributed by atoms with Crippen molar-refractivity contribution in [3.8, 4) is 0 Å². The molecule has 0 aliphatic rings. The maximum atomic E-state index is 11.8. The van der Waals surface area contributed by atoms with Gasteiger partial charge in [0.1, 0.15) is 0 Å². The van der Waals surface area contributed by atoms with Gasteiger partial charge in [0.2, 0.25) is 10.0 Å². The Morgan fingerprint density at radius 1 is 1.06 bits per heavy atom. The van der Waals surface area contributed by atoms with Gasteiger partial charge in [0.25, 0.3) is 0 Å². The second-order valence-corrected chi connectivity index (χ2v) is 5.91. The molecule has 0 atom stereocenters. The molecule has 0 unspecified atom stereocenters. The second-order valence-electron chi connectivity index (χ2n) is 4.15. The minimum atomic E-state index is -3.33. The topological polar surface area (TPSA) is 58.2 Å². The summed E-state index contributed by atoms with van der Waals surface area (Å²) < 4.78 is 26.2. The molecule has 102 valence electrons. The van der Waals surface area contributed by atoms with Crippen molar-refractivity contribution in [1.82, 2.24) is 10.0 Å². The minimum absolute atomic E-state index is 0.336. The summed E-state index contributed by atoms with van der Waals surface area (Å²) in [5.74, 6) is 0. The average molecular weight is 270 g/mol. The maximum absolute atomic E-state index is 11.8. The van der Waals surface area contributed by atoms with Crippen LogP contribution >= 0.6 is 0 Å². The molecule has 0 fully saturated rings. The fourth-order valence-electron chi connectivity index (χ4n) is 1.56. The highest BCUT2D eigenvalue weighted by atomic mass is 32.2. The molecule has 0 aromatic heterocycles. The fraction of sp³-hybridized carbons (Fsp3) is 0.538. The Balaban J connectivity index is 2.64. The SMILES string of the molecule is CCCNS(=O)(=O)c1ccc(CCNCC)cc1. The third-order valence-electron chi connectivity index (χ3n) is 2.62. The van der Waals surface area contributed by atoms with Crippen molar-refractivity contribution in [2.45, 2.75) is 31.6 Å². The van der Waals surface area contributed by atoms with Crippen LogP contribution in [0.5, 0.6) is 0 Å². The molecule has 0 bridgehead atoms. The maximum Gasteiger partial charge on any atom is 0.240 e. The molecule has 0 heterocycles. The van der Waals surface area contributed by atoms with Crippen LogP contribution in [0.2, 0.25) is 0 Å². The summed E-state index contributed by atoms with van der Waals surface area (Å²) in [4.78, 5) is 0.336. The first kappa shape index (κ1) is 15.1. The van der Waals surface area contributed by atoms with E-state index >= 15 is 0 Å². The van der Waals surface area contributed by atoms with Gasteiger partial charge in [0.15, 0.2) is 0 Å². The van der Waals surface area contributed by atoms with E-state index in [1.54, 1.807) is 12.1 Å². The summed E-state index contributed by atoms with van der Waals surface area (Å²) in [7, 11) is -3.33. The molecular formula is C13H22N2O2S. The number of nitrogens with one attached hydrogen (secondary N) is 2. The van der Waals surface area contributed by atoms with Gasteiger partial charge in [0, 0.05) is 6.54 Å². The standard InChI is InChI=1S/C13H22N2O2S/c1-3-10-15-18(16,17)13-7-5-12(6-8-13)9-11-14-4-2/h5-8,14-15H,3-4,9-11H2,1-2H3. The highest BCUT2D eigenvalue weighted by Gasteiger charge is 2.12. The predicted octanol–water partition coefficient (Wildman–Crippen LogP) is 1.53. The van der Waals surface area contributed by atoms with Gasteiger partial charge >= 0.3 is 0 Å². The lowest BCUT2D eigenvalue weighted by Gasteiger charge is -2.07. The Morgan fingerprint density at radius 2 is 1.72 bits per heavy atom. The first-order valence-corrected chi connectivity index (χ1v) is 7.87. The number of benzene rings is 1. The lowest BCUT2D eigenvalue weighted by Crippen LogP contribution is -2.24. The Hall–Kier alpha value is -0.910. The molecule has 1 aromatic rings. The van der Waals surface area contributed by atoms with E-state index in [9.17, 15) is 8.42 Å². The molecule has 1 aromatic carbocycles. The molecular weight excluding hydrogens is 248 g/mol. The normalized spacial score (nSPS) is 11.7. The fourth-order valence-corrected chi connectivity index (χ4v) is 2.70. The quantitative estimate of drug-likeness (QED) is 0.704. The summed E-state index contributed by atoms with van der Waals surface area (Å²) in [5, 5.41) is 3.24. The van der Waals surface area contributed by atoms with Gasteiger partial charge in [-0.1, -0.05) is 26.0 Å². The van der Waals surface area contributed by atoms with Crippen LogP contribution in [0, 0.1) is 0 Å². The van der Waals surface area contributed by atoms with Crippen LogP contribution in [0.25, 0.3) is 0 Å². The van der Waals surface area contributed by atoms with E-state index in [2.05, 4.69) is 17.0 Å². The average Bonchev–Trinajstić information content (AvgIpc) is 2.37. The Bertz CT molecular complexity index is 441. The third-order valence-corrected chi connectivity index (χ3v) is 4.09. The van der Waals surface area contributed by atoms with Crippen molar-refractivity contribution in [3.63, 3.8) is 0 Å². The number of hydrogen-bond acceptors (Lipinski definition) is 3. The number of sulfonamides is 1. The summed E-state index contributed by atoms with van der Waals surface area (Å²) >= 11 is 0. The van der Waals surface area contributed by atoms with Gasteiger partial charge in [-0.25, -0.2) is 13.1 Å². The lowest BCUT2D eigenvalue weighted by molar-refractivity contribution is 0.581. The van der Waals surface area contributed by atoms with Crippen molar-refractivity contribution < 1.29 is 8.42 Å². The van der Waals surface area contributed by atoms with Crippen LogP contribution in [0.4, 0.5) is 0 Å². The summed E-state index contributed by atoms with van der Waals surface area (Å²) in [6.07, 6.45) is 1.70. The van der Waals surface area contributed by atoms with Crippen molar-refractivity contribution >= 4 is 10.0 Å². The van der Waals surface area contributed by atoms with Crippen molar-refractivity contribution in [2.24, 2.45) is 0 Å². The molecule has 5 heteroatoms. The summed E-state index contributed by atoms with van der Waals surface area (Å²) in [6, 6.07) is 7.08. The van der Waals surface area contributed by atoms with Crippen LogP contribution in [0.1, 0.15) is 25.8 Å². The van der Waals surface area contributed by atoms with E-state index in [-0.39, 0.29) is 0 Å². The summed E-state index contributed by atoms with van der Waals surface area (Å²) in [6.45, 7) is 6.34. The molecule has 2 N–H and O–H groups in total. The first-order chi connectivity index (χ1) is 8.60. The van der Waals surface area contributed by atoms with E-state index < -0.39 is 10.0 Å². The van der Waals surface area contributed by atoms with Gasteiger partial charge in [-0.3, -0.25) is 0 Å². The highest BCUT2D eigenvalue weighted by Crippen LogP contribution is 2.10. The Kier molecular flexibility index (Phi) is 6.32. The first-order valence-electron chi connectivity index (χ1n) is 6.39. The molecule has 0 aliphatic carbocycles. The van der Waals surface area contributed by atoms with Gasteiger partial charge < -0.3 is 5.32 Å². The van der Waals surface area contributed by atoms with Crippen molar-refractivity contribution in [1.29, 1.82) is 0 Å². The third kappa shape index (κ3) is 4.76. The molecule has 18 heavy (non-hydrogen) atoms. The largest absolute Gasteiger partial charge is 0.317 e. The molecule has 0 radical (unpaired) electrons. The molecule has 0 spiro atoms. The molecule has 0 saturated heterocycles. The van der Waals surface area contributed by atoms with Crippen LogP contribution in [0.15, 0.2) is 29.2 Å². The molecule has 0 amide bonds. The van der Waals surface area contributed by atoms with Crippen LogP contribution in [0.3, 0.4) is 0 Å². The zero-order valence-corrected chi connectivity index (χ0v) is 11.9. The second kappa shape index (κ2) is 7.51. The zero-order chi connectivity index (χ0) is 13.4.